The highest BCUT2D eigenvalue weighted by Gasteiger charge is 2.30. The molecule has 1 heterocycles. The fourth-order valence-corrected chi connectivity index (χ4v) is 1.82. The van der Waals surface area contributed by atoms with Gasteiger partial charge in [-0.2, -0.15) is 5.26 Å². The molecule has 1 aromatic rings. The van der Waals surface area contributed by atoms with Gasteiger partial charge in [0, 0.05) is 19.4 Å². The van der Waals surface area contributed by atoms with Gasteiger partial charge in [-0.15, -0.1) is 0 Å². The number of imidazole rings is 1. The van der Waals surface area contributed by atoms with Crippen LogP contribution in [-0.2, 0) is 7.05 Å². The minimum absolute atomic E-state index is 0.00810. The molecule has 0 radical (unpaired) electrons. The molecule has 0 amide bonds. The maximum Gasteiger partial charge on any atom is 0.126 e. The van der Waals surface area contributed by atoms with Gasteiger partial charge in [0.1, 0.15) is 11.7 Å². The first kappa shape index (κ1) is 8.31. The predicted octanol–water partition coefficient (Wildman–Crippen LogP) is 1.83. The number of aromatic nitrogens is 2. The zero-order valence-electron chi connectivity index (χ0n) is 7.77. The SMILES string of the molecule is Cn1ccnc1C(C#N)C1CCC1. The van der Waals surface area contributed by atoms with E-state index in [0.29, 0.717) is 5.92 Å². The summed E-state index contributed by atoms with van der Waals surface area (Å²) in [5.74, 6) is 1.48. The first-order valence-electron chi connectivity index (χ1n) is 4.69. The first-order valence-corrected chi connectivity index (χ1v) is 4.69. The number of nitriles is 1. The summed E-state index contributed by atoms with van der Waals surface area (Å²) in [6.45, 7) is 0. The molecule has 1 aromatic heterocycles. The van der Waals surface area contributed by atoms with Gasteiger partial charge >= 0.3 is 0 Å². The second-order valence-corrected chi connectivity index (χ2v) is 3.69. The molecule has 1 atom stereocenters. The van der Waals surface area contributed by atoms with E-state index in [9.17, 15) is 0 Å². The summed E-state index contributed by atoms with van der Waals surface area (Å²) in [4.78, 5) is 4.23. The highest BCUT2D eigenvalue weighted by Crippen LogP contribution is 2.37. The lowest BCUT2D eigenvalue weighted by molar-refractivity contribution is 0.284. The van der Waals surface area contributed by atoms with Gasteiger partial charge < -0.3 is 4.57 Å². The second-order valence-electron chi connectivity index (χ2n) is 3.69. The zero-order chi connectivity index (χ0) is 9.26. The van der Waals surface area contributed by atoms with E-state index in [2.05, 4.69) is 11.1 Å². The van der Waals surface area contributed by atoms with Crippen LogP contribution in [0.2, 0.25) is 0 Å². The van der Waals surface area contributed by atoms with Crippen molar-refractivity contribution in [2.45, 2.75) is 25.2 Å². The molecule has 1 fully saturated rings. The van der Waals surface area contributed by atoms with Gasteiger partial charge in [0.05, 0.1) is 6.07 Å². The Kier molecular flexibility index (Phi) is 2.05. The Morgan fingerprint density at radius 1 is 1.69 bits per heavy atom. The van der Waals surface area contributed by atoms with Crippen molar-refractivity contribution in [3.63, 3.8) is 0 Å². The van der Waals surface area contributed by atoms with Crippen LogP contribution in [0.15, 0.2) is 12.4 Å². The van der Waals surface area contributed by atoms with E-state index < -0.39 is 0 Å². The maximum absolute atomic E-state index is 9.05. The van der Waals surface area contributed by atoms with Crippen LogP contribution in [0.25, 0.3) is 0 Å². The van der Waals surface area contributed by atoms with Crippen molar-refractivity contribution in [3.05, 3.63) is 18.2 Å². The average Bonchev–Trinajstić information content (AvgIpc) is 2.43. The number of nitrogens with zero attached hydrogens (tertiary/aromatic N) is 3. The summed E-state index contributed by atoms with van der Waals surface area (Å²) in [5.41, 5.74) is 0. The molecule has 3 heteroatoms. The predicted molar refractivity (Wildman–Crippen MR) is 48.9 cm³/mol. The Balaban J connectivity index is 2.22. The monoisotopic (exact) mass is 175 g/mol. The van der Waals surface area contributed by atoms with Crippen molar-refractivity contribution in [1.82, 2.24) is 9.55 Å². The topological polar surface area (TPSA) is 41.6 Å². The summed E-state index contributed by atoms with van der Waals surface area (Å²) in [7, 11) is 1.95. The molecule has 13 heavy (non-hydrogen) atoms. The number of aryl methyl sites for hydroxylation is 1. The fraction of sp³-hybridized carbons (Fsp3) is 0.600. The molecule has 0 aromatic carbocycles. The average molecular weight is 175 g/mol. The van der Waals surface area contributed by atoms with Crippen LogP contribution in [0.4, 0.5) is 0 Å². The van der Waals surface area contributed by atoms with E-state index in [1.165, 1.54) is 19.3 Å². The highest BCUT2D eigenvalue weighted by molar-refractivity contribution is 5.13. The lowest BCUT2D eigenvalue weighted by Crippen LogP contribution is -2.21. The van der Waals surface area contributed by atoms with Gasteiger partial charge in [0.15, 0.2) is 0 Å². The van der Waals surface area contributed by atoms with E-state index >= 15 is 0 Å². The quantitative estimate of drug-likeness (QED) is 0.688. The zero-order valence-corrected chi connectivity index (χ0v) is 7.77. The molecule has 1 aliphatic rings. The molecule has 2 rings (SSSR count). The van der Waals surface area contributed by atoms with Gasteiger partial charge in [0.2, 0.25) is 0 Å². The van der Waals surface area contributed by atoms with Gasteiger partial charge in [-0.3, -0.25) is 0 Å². The minimum Gasteiger partial charge on any atom is -0.337 e. The van der Waals surface area contributed by atoms with Gasteiger partial charge in [-0.25, -0.2) is 4.98 Å². The summed E-state index contributed by atoms with van der Waals surface area (Å²) < 4.78 is 1.95. The van der Waals surface area contributed by atoms with E-state index in [1.807, 2.05) is 17.8 Å². The molecular formula is C10H13N3. The molecule has 0 saturated heterocycles. The van der Waals surface area contributed by atoms with Crippen LogP contribution in [-0.4, -0.2) is 9.55 Å². The van der Waals surface area contributed by atoms with E-state index in [1.54, 1.807) is 6.20 Å². The summed E-state index contributed by atoms with van der Waals surface area (Å²) in [5, 5.41) is 9.05. The molecule has 0 bridgehead atoms. The smallest absolute Gasteiger partial charge is 0.126 e. The molecule has 1 aliphatic carbocycles. The third kappa shape index (κ3) is 1.33. The Bertz CT molecular complexity index is 330. The van der Waals surface area contributed by atoms with Crippen molar-refractivity contribution in [1.29, 1.82) is 5.26 Å². The Labute approximate surface area is 78.0 Å². The Morgan fingerprint density at radius 2 is 2.46 bits per heavy atom. The Hall–Kier alpha value is -1.30. The maximum atomic E-state index is 9.05. The highest BCUT2D eigenvalue weighted by atomic mass is 15.0. The van der Waals surface area contributed by atoms with Crippen molar-refractivity contribution in [2.24, 2.45) is 13.0 Å². The van der Waals surface area contributed by atoms with E-state index in [4.69, 9.17) is 5.26 Å². The van der Waals surface area contributed by atoms with Crippen LogP contribution in [0, 0.1) is 17.2 Å². The third-order valence-corrected chi connectivity index (χ3v) is 2.90. The second kappa shape index (κ2) is 3.21. The van der Waals surface area contributed by atoms with Gasteiger partial charge in [-0.05, 0) is 18.8 Å². The molecule has 68 valence electrons. The first-order chi connectivity index (χ1) is 6.33. The van der Waals surface area contributed by atoms with Crippen molar-refractivity contribution < 1.29 is 0 Å². The standard InChI is InChI=1S/C10H13N3/c1-13-6-5-12-10(13)9(7-11)8-3-2-4-8/h5-6,8-9H,2-4H2,1H3. The molecule has 0 spiro atoms. The largest absolute Gasteiger partial charge is 0.337 e. The summed E-state index contributed by atoms with van der Waals surface area (Å²) >= 11 is 0. The van der Waals surface area contributed by atoms with Crippen LogP contribution in [0.1, 0.15) is 31.0 Å². The summed E-state index contributed by atoms with van der Waals surface area (Å²) in [6, 6.07) is 2.36. The molecule has 3 nitrogen and oxygen atoms in total. The van der Waals surface area contributed by atoms with Crippen LogP contribution < -0.4 is 0 Å². The third-order valence-electron chi connectivity index (χ3n) is 2.90. The lowest BCUT2D eigenvalue weighted by Gasteiger charge is -2.28. The molecule has 0 aliphatic heterocycles. The fourth-order valence-electron chi connectivity index (χ4n) is 1.82. The van der Waals surface area contributed by atoms with Crippen LogP contribution in [0.3, 0.4) is 0 Å². The normalized spacial score (nSPS) is 19.1. The van der Waals surface area contributed by atoms with Crippen LogP contribution in [0.5, 0.6) is 0 Å². The van der Waals surface area contributed by atoms with Crippen molar-refractivity contribution in [3.8, 4) is 6.07 Å². The number of hydrogen-bond acceptors (Lipinski definition) is 2. The Morgan fingerprint density at radius 3 is 2.85 bits per heavy atom. The molecule has 0 N–H and O–H groups in total. The van der Waals surface area contributed by atoms with E-state index in [-0.39, 0.29) is 5.92 Å². The number of rotatable bonds is 2. The van der Waals surface area contributed by atoms with E-state index in [0.717, 1.165) is 5.82 Å². The molecule has 1 unspecified atom stereocenters. The van der Waals surface area contributed by atoms with Crippen LogP contribution >= 0.6 is 0 Å². The number of hydrogen-bond donors (Lipinski definition) is 0. The van der Waals surface area contributed by atoms with Gasteiger partial charge in [0.25, 0.3) is 0 Å². The molecule has 1 saturated carbocycles. The minimum atomic E-state index is 0.00810. The molecular weight excluding hydrogens is 162 g/mol. The summed E-state index contributed by atoms with van der Waals surface area (Å²) in [6.07, 6.45) is 7.31. The lowest BCUT2D eigenvalue weighted by atomic mass is 9.76. The van der Waals surface area contributed by atoms with Crippen molar-refractivity contribution in [2.75, 3.05) is 0 Å². The van der Waals surface area contributed by atoms with Crippen molar-refractivity contribution >= 4 is 0 Å². The van der Waals surface area contributed by atoms with Gasteiger partial charge in [-0.1, -0.05) is 6.42 Å².